The fourth-order valence-electron chi connectivity index (χ4n) is 1.99. The lowest BCUT2D eigenvalue weighted by Crippen LogP contribution is -2.03. The Balaban J connectivity index is 2.61. The van der Waals surface area contributed by atoms with E-state index in [0.29, 0.717) is 5.69 Å². The highest BCUT2D eigenvalue weighted by Crippen LogP contribution is 2.16. The van der Waals surface area contributed by atoms with Gasteiger partial charge >= 0.3 is 0 Å². The Bertz CT molecular complexity index is 570. The second-order valence-corrected chi connectivity index (χ2v) is 4.11. The summed E-state index contributed by atoms with van der Waals surface area (Å²) in [5, 5.41) is 16.9. The van der Waals surface area contributed by atoms with Gasteiger partial charge in [-0.05, 0) is 43.5 Å². The van der Waals surface area contributed by atoms with E-state index in [1.807, 2.05) is 32.9 Å². The monoisotopic (exact) mass is 226 g/mol. The smallest absolute Gasteiger partial charge is 0.186 e. The molecule has 4 heteroatoms. The molecule has 0 saturated carbocycles. The molecule has 0 aliphatic carbocycles. The Hall–Kier alpha value is -2.15. The zero-order valence-corrected chi connectivity index (χ0v) is 10.2. The van der Waals surface area contributed by atoms with E-state index in [1.54, 1.807) is 4.68 Å². The van der Waals surface area contributed by atoms with Crippen molar-refractivity contribution in [2.45, 2.75) is 27.2 Å². The molecule has 2 aromatic rings. The summed E-state index contributed by atoms with van der Waals surface area (Å²) in [6.07, 6.45) is 0.739. The summed E-state index contributed by atoms with van der Waals surface area (Å²) in [5.74, 6) is 0. The molecule has 1 heterocycles. The van der Waals surface area contributed by atoms with Crippen LogP contribution in [0.5, 0.6) is 0 Å². The zero-order chi connectivity index (χ0) is 12.4. The normalized spacial score (nSPS) is 10.2. The molecular weight excluding hydrogens is 212 g/mol. The van der Waals surface area contributed by atoms with Crippen molar-refractivity contribution in [3.63, 3.8) is 0 Å². The van der Waals surface area contributed by atoms with Gasteiger partial charge in [-0.2, -0.15) is 5.26 Å². The number of nitrogens with zero attached hydrogens (tertiary/aromatic N) is 4. The third-order valence-corrected chi connectivity index (χ3v) is 2.65. The van der Waals surface area contributed by atoms with E-state index in [-0.39, 0.29) is 0 Å². The van der Waals surface area contributed by atoms with Crippen LogP contribution in [0.15, 0.2) is 18.2 Å². The quantitative estimate of drug-likeness (QED) is 0.789. The van der Waals surface area contributed by atoms with Gasteiger partial charge in [0.2, 0.25) is 0 Å². The maximum absolute atomic E-state index is 8.95. The van der Waals surface area contributed by atoms with Gasteiger partial charge in [0.05, 0.1) is 11.4 Å². The molecule has 17 heavy (non-hydrogen) atoms. The summed E-state index contributed by atoms with van der Waals surface area (Å²) in [4.78, 5) is 0. The molecule has 0 saturated heterocycles. The summed E-state index contributed by atoms with van der Waals surface area (Å²) in [6, 6.07) is 8.27. The van der Waals surface area contributed by atoms with Crippen molar-refractivity contribution >= 4 is 0 Å². The molecule has 0 bridgehead atoms. The van der Waals surface area contributed by atoms with Crippen molar-refractivity contribution in [3.8, 4) is 11.8 Å². The van der Waals surface area contributed by atoms with Crippen LogP contribution in [-0.4, -0.2) is 15.0 Å². The second kappa shape index (κ2) is 4.38. The van der Waals surface area contributed by atoms with Crippen molar-refractivity contribution in [2.24, 2.45) is 0 Å². The summed E-state index contributed by atoms with van der Waals surface area (Å²) in [6.45, 7) is 6.09. The van der Waals surface area contributed by atoms with E-state index in [2.05, 4.69) is 22.4 Å². The third kappa shape index (κ3) is 2.04. The highest BCUT2D eigenvalue weighted by Gasteiger charge is 2.12. The van der Waals surface area contributed by atoms with E-state index in [0.717, 1.165) is 17.8 Å². The van der Waals surface area contributed by atoms with Gasteiger partial charge in [-0.1, -0.05) is 18.2 Å². The molecule has 0 aliphatic rings. The molecule has 2 rings (SSSR count). The van der Waals surface area contributed by atoms with Gasteiger partial charge in [0.15, 0.2) is 5.69 Å². The van der Waals surface area contributed by atoms with Crippen molar-refractivity contribution in [3.05, 3.63) is 40.7 Å². The van der Waals surface area contributed by atoms with Gasteiger partial charge in [-0.3, -0.25) is 0 Å². The predicted molar refractivity (Wildman–Crippen MR) is 64.9 cm³/mol. The molecule has 0 fully saturated rings. The van der Waals surface area contributed by atoms with Crippen molar-refractivity contribution in [1.82, 2.24) is 15.0 Å². The summed E-state index contributed by atoms with van der Waals surface area (Å²) >= 11 is 0. The summed E-state index contributed by atoms with van der Waals surface area (Å²) in [5.41, 5.74) is 4.59. The SMILES string of the molecule is CCc1c(C#N)nnn1-c1cc(C)cc(C)c1. The first-order valence-corrected chi connectivity index (χ1v) is 5.59. The summed E-state index contributed by atoms with van der Waals surface area (Å²) in [7, 11) is 0. The number of aryl methyl sites for hydroxylation is 2. The number of hydrogen-bond donors (Lipinski definition) is 0. The van der Waals surface area contributed by atoms with Crippen LogP contribution in [0.25, 0.3) is 5.69 Å². The molecule has 1 aromatic heterocycles. The number of rotatable bonds is 2. The van der Waals surface area contributed by atoms with E-state index in [4.69, 9.17) is 5.26 Å². The number of nitriles is 1. The Labute approximate surface area is 101 Å². The van der Waals surface area contributed by atoms with Crippen LogP contribution in [0.1, 0.15) is 29.4 Å². The van der Waals surface area contributed by atoms with Gasteiger partial charge in [0.25, 0.3) is 0 Å². The Kier molecular flexibility index (Phi) is 2.92. The van der Waals surface area contributed by atoms with E-state index in [1.165, 1.54) is 11.1 Å². The molecule has 0 N–H and O–H groups in total. The minimum absolute atomic E-state index is 0.409. The van der Waals surface area contributed by atoms with Gasteiger partial charge in [0.1, 0.15) is 6.07 Å². The zero-order valence-electron chi connectivity index (χ0n) is 10.2. The Morgan fingerprint density at radius 3 is 2.41 bits per heavy atom. The first-order chi connectivity index (χ1) is 8.15. The molecule has 0 amide bonds. The number of benzene rings is 1. The molecule has 4 nitrogen and oxygen atoms in total. The molecular formula is C13H14N4. The van der Waals surface area contributed by atoms with Crippen LogP contribution in [0.3, 0.4) is 0 Å². The fraction of sp³-hybridized carbons (Fsp3) is 0.308. The standard InChI is InChI=1S/C13H14N4/c1-4-13-12(8-14)15-16-17(13)11-6-9(2)5-10(3)7-11/h5-7H,4H2,1-3H3. The largest absolute Gasteiger partial charge is 0.216 e. The topological polar surface area (TPSA) is 54.5 Å². The first kappa shape index (κ1) is 11.3. The van der Waals surface area contributed by atoms with Gasteiger partial charge < -0.3 is 0 Å². The molecule has 86 valence electrons. The van der Waals surface area contributed by atoms with Crippen molar-refractivity contribution in [2.75, 3.05) is 0 Å². The number of aromatic nitrogens is 3. The highest BCUT2D eigenvalue weighted by molar-refractivity contribution is 5.41. The molecule has 0 spiro atoms. The van der Waals surface area contributed by atoms with Crippen LogP contribution >= 0.6 is 0 Å². The van der Waals surface area contributed by atoms with Crippen LogP contribution in [0.2, 0.25) is 0 Å². The Morgan fingerprint density at radius 1 is 1.24 bits per heavy atom. The van der Waals surface area contributed by atoms with Gasteiger partial charge in [-0.25, -0.2) is 4.68 Å². The van der Waals surface area contributed by atoms with E-state index >= 15 is 0 Å². The molecule has 0 unspecified atom stereocenters. The van der Waals surface area contributed by atoms with Crippen LogP contribution in [0, 0.1) is 25.2 Å². The minimum Gasteiger partial charge on any atom is -0.216 e. The molecule has 1 aromatic carbocycles. The van der Waals surface area contributed by atoms with Crippen LogP contribution < -0.4 is 0 Å². The average Bonchev–Trinajstić information content (AvgIpc) is 2.70. The van der Waals surface area contributed by atoms with Crippen LogP contribution in [0.4, 0.5) is 0 Å². The molecule has 0 atom stereocenters. The van der Waals surface area contributed by atoms with Gasteiger partial charge in [0, 0.05) is 0 Å². The highest BCUT2D eigenvalue weighted by atomic mass is 15.4. The maximum Gasteiger partial charge on any atom is 0.186 e. The predicted octanol–water partition coefficient (Wildman–Crippen LogP) is 2.32. The van der Waals surface area contributed by atoms with Gasteiger partial charge in [-0.15, -0.1) is 5.10 Å². The van der Waals surface area contributed by atoms with E-state index < -0.39 is 0 Å². The van der Waals surface area contributed by atoms with Crippen molar-refractivity contribution in [1.29, 1.82) is 5.26 Å². The molecule has 0 radical (unpaired) electrons. The van der Waals surface area contributed by atoms with Crippen molar-refractivity contribution < 1.29 is 0 Å². The third-order valence-electron chi connectivity index (χ3n) is 2.65. The minimum atomic E-state index is 0.409. The second-order valence-electron chi connectivity index (χ2n) is 4.11. The van der Waals surface area contributed by atoms with Crippen LogP contribution in [-0.2, 0) is 6.42 Å². The Morgan fingerprint density at radius 2 is 1.88 bits per heavy atom. The lowest BCUT2D eigenvalue weighted by Gasteiger charge is -2.07. The lowest BCUT2D eigenvalue weighted by atomic mass is 10.1. The fourth-order valence-corrected chi connectivity index (χ4v) is 1.99. The average molecular weight is 226 g/mol. The lowest BCUT2D eigenvalue weighted by molar-refractivity contribution is 0.766. The first-order valence-electron chi connectivity index (χ1n) is 5.59. The van der Waals surface area contributed by atoms with E-state index in [9.17, 15) is 0 Å². The maximum atomic E-state index is 8.95. The molecule has 0 aliphatic heterocycles. The summed E-state index contributed by atoms with van der Waals surface area (Å²) < 4.78 is 1.75. The number of hydrogen-bond acceptors (Lipinski definition) is 3.